The maximum Gasteiger partial charge on any atom is 0.351 e. The lowest BCUT2D eigenvalue weighted by molar-refractivity contribution is 0.0606. The summed E-state index contributed by atoms with van der Waals surface area (Å²) in [7, 11) is 3.24. The fourth-order valence-corrected chi connectivity index (χ4v) is 2.80. The zero-order valence-electron chi connectivity index (χ0n) is 11.2. The van der Waals surface area contributed by atoms with E-state index in [1.165, 1.54) is 24.0 Å². The van der Waals surface area contributed by atoms with Crippen LogP contribution < -0.4 is 4.90 Å². The van der Waals surface area contributed by atoms with Gasteiger partial charge in [0.15, 0.2) is 15.2 Å². The third-order valence-corrected chi connectivity index (χ3v) is 4.29. The highest BCUT2D eigenvalue weighted by Crippen LogP contribution is 2.29. The van der Waals surface area contributed by atoms with Crippen LogP contribution in [-0.4, -0.2) is 36.6 Å². The topological polar surface area (TPSA) is 55.3 Å². The third kappa shape index (κ3) is 3.46. The molecule has 20 heavy (non-hydrogen) atoms. The van der Waals surface area contributed by atoms with Crippen LogP contribution in [0.5, 0.6) is 0 Å². The summed E-state index contributed by atoms with van der Waals surface area (Å²) in [4.78, 5) is 22.0. The van der Waals surface area contributed by atoms with Gasteiger partial charge < -0.3 is 9.64 Å². The number of anilines is 1. The maximum atomic E-state index is 11.5. The molecular weight excluding hydrogens is 298 g/mol. The molecule has 0 unspecified atom stereocenters. The van der Waals surface area contributed by atoms with Crippen molar-refractivity contribution in [1.82, 2.24) is 9.97 Å². The van der Waals surface area contributed by atoms with Gasteiger partial charge in [0.25, 0.3) is 0 Å². The minimum atomic E-state index is -0.457. The number of ether oxygens (including phenoxy) is 1. The van der Waals surface area contributed by atoms with Gasteiger partial charge in [-0.05, 0) is 24.1 Å². The summed E-state index contributed by atoms with van der Waals surface area (Å²) in [6.07, 6.45) is 4.40. The normalized spacial score (nSPS) is 10.3. The van der Waals surface area contributed by atoms with Gasteiger partial charge in [0.05, 0.1) is 7.11 Å². The minimum Gasteiger partial charge on any atom is -0.465 e. The summed E-state index contributed by atoms with van der Waals surface area (Å²) in [5.41, 5.74) is 1.20. The largest absolute Gasteiger partial charge is 0.465 e. The second-order valence-electron chi connectivity index (χ2n) is 4.13. The van der Waals surface area contributed by atoms with E-state index < -0.39 is 5.97 Å². The molecule has 2 rings (SSSR count). The molecule has 2 aromatic rings. The maximum absolute atomic E-state index is 11.5. The van der Waals surface area contributed by atoms with Crippen molar-refractivity contribution >= 4 is 34.0 Å². The Hall–Kier alpha value is -1.66. The van der Waals surface area contributed by atoms with Gasteiger partial charge in [-0.2, -0.15) is 0 Å². The number of nitrogens with zero attached hydrogens (tertiary/aromatic N) is 3. The molecule has 0 aromatic carbocycles. The Balaban J connectivity index is 2.02. The number of carbonyl (C=O) groups excluding carboxylic acids is 1. The lowest BCUT2D eigenvalue weighted by atomic mass is 10.2. The average Bonchev–Trinajstić information content (AvgIpc) is 2.87. The Labute approximate surface area is 126 Å². The van der Waals surface area contributed by atoms with E-state index in [0.717, 1.165) is 13.0 Å². The SMILES string of the molecule is COC(=O)c1sc(N(C)CCc2ccncc2)nc1Cl. The summed E-state index contributed by atoms with van der Waals surface area (Å²) in [5.74, 6) is -0.457. The first-order valence-electron chi connectivity index (χ1n) is 5.96. The Morgan fingerprint density at radius 2 is 2.15 bits per heavy atom. The van der Waals surface area contributed by atoms with Gasteiger partial charge in [0, 0.05) is 26.0 Å². The molecular formula is C13H14ClN3O2S. The Morgan fingerprint density at radius 1 is 1.45 bits per heavy atom. The summed E-state index contributed by atoms with van der Waals surface area (Å²) in [5, 5.41) is 0.886. The van der Waals surface area contributed by atoms with Crippen LogP contribution in [0.2, 0.25) is 5.15 Å². The zero-order chi connectivity index (χ0) is 14.5. The quantitative estimate of drug-likeness (QED) is 0.795. The lowest BCUT2D eigenvalue weighted by Crippen LogP contribution is -2.20. The van der Waals surface area contributed by atoms with Crippen LogP contribution in [0.3, 0.4) is 0 Å². The van der Waals surface area contributed by atoms with Gasteiger partial charge in [-0.15, -0.1) is 0 Å². The van der Waals surface area contributed by atoms with Crippen LogP contribution in [0.25, 0.3) is 0 Å². The molecule has 0 saturated carbocycles. The average molecular weight is 312 g/mol. The number of methoxy groups -OCH3 is 1. The van der Waals surface area contributed by atoms with Crippen LogP contribution in [0.1, 0.15) is 15.2 Å². The number of pyridine rings is 1. The molecule has 0 N–H and O–H groups in total. The minimum absolute atomic E-state index is 0.188. The second-order valence-corrected chi connectivity index (χ2v) is 5.47. The molecule has 7 heteroatoms. The summed E-state index contributed by atoms with van der Waals surface area (Å²) in [6, 6.07) is 3.95. The fraction of sp³-hybridized carbons (Fsp3) is 0.308. The lowest BCUT2D eigenvalue weighted by Gasteiger charge is -2.15. The first kappa shape index (κ1) is 14.7. The van der Waals surface area contributed by atoms with Crippen LogP contribution in [0.4, 0.5) is 5.13 Å². The number of hydrogen-bond donors (Lipinski definition) is 0. The molecule has 106 valence electrons. The van der Waals surface area contributed by atoms with Gasteiger partial charge in [-0.1, -0.05) is 22.9 Å². The van der Waals surface area contributed by atoms with E-state index in [2.05, 4.69) is 14.7 Å². The summed E-state index contributed by atoms with van der Waals surface area (Å²) < 4.78 is 4.66. The van der Waals surface area contributed by atoms with Crippen molar-refractivity contribution in [3.8, 4) is 0 Å². The van der Waals surface area contributed by atoms with Gasteiger partial charge in [-0.25, -0.2) is 9.78 Å². The van der Waals surface area contributed by atoms with E-state index in [9.17, 15) is 4.79 Å². The van der Waals surface area contributed by atoms with E-state index in [0.29, 0.717) is 10.0 Å². The molecule has 0 fully saturated rings. The van der Waals surface area contributed by atoms with Crippen LogP contribution in [0.15, 0.2) is 24.5 Å². The fourth-order valence-electron chi connectivity index (χ4n) is 1.61. The Morgan fingerprint density at radius 3 is 2.80 bits per heavy atom. The van der Waals surface area contributed by atoms with E-state index >= 15 is 0 Å². The van der Waals surface area contributed by atoms with Crippen molar-refractivity contribution < 1.29 is 9.53 Å². The molecule has 0 amide bonds. The van der Waals surface area contributed by atoms with Crippen molar-refractivity contribution in [2.75, 3.05) is 25.6 Å². The number of hydrogen-bond acceptors (Lipinski definition) is 6. The van der Waals surface area contributed by atoms with Gasteiger partial charge in [0.1, 0.15) is 0 Å². The molecule has 0 spiro atoms. The summed E-state index contributed by atoms with van der Waals surface area (Å²) >= 11 is 7.17. The van der Waals surface area contributed by atoms with Crippen LogP contribution >= 0.6 is 22.9 Å². The van der Waals surface area contributed by atoms with E-state index in [-0.39, 0.29) is 5.15 Å². The van der Waals surface area contributed by atoms with Crippen molar-refractivity contribution in [1.29, 1.82) is 0 Å². The molecule has 0 aliphatic heterocycles. The number of aromatic nitrogens is 2. The summed E-state index contributed by atoms with van der Waals surface area (Å²) in [6.45, 7) is 0.772. The van der Waals surface area contributed by atoms with Crippen molar-refractivity contribution in [2.24, 2.45) is 0 Å². The number of rotatable bonds is 5. The number of carbonyl (C=O) groups is 1. The molecule has 2 aromatic heterocycles. The predicted molar refractivity (Wildman–Crippen MR) is 79.7 cm³/mol. The second kappa shape index (κ2) is 6.67. The highest BCUT2D eigenvalue weighted by molar-refractivity contribution is 7.18. The van der Waals surface area contributed by atoms with Crippen molar-refractivity contribution in [3.63, 3.8) is 0 Å². The zero-order valence-corrected chi connectivity index (χ0v) is 12.7. The van der Waals surface area contributed by atoms with Gasteiger partial charge in [-0.3, -0.25) is 4.98 Å². The molecule has 0 aliphatic rings. The molecule has 0 radical (unpaired) electrons. The first-order chi connectivity index (χ1) is 9.61. The molecule has 5 nitrogen and oxygen atoms in total. The number of halogens is 1. The monoisotopic (exact) mass is 311 g/mol. The van der Waals surface area contributed by atoms with Crippen molar-refractivity contribution in [2.45, 2.75) is 6.42 Å². The van der Waals surface area contributed by atoms with Gasteiger partial charge >= 0.3 is 5.97 Å². The van der Waals surface area contributed by atoms with E-state index in [1.54, 1.807) is 12.4 Å². The predicted octanol–water partition coefficient (Wildman–Crippen LogP) is 2.66. The van der Waals surface area contributed by atoms with E-state index in [4.69, 9.17) is 11.6 Å². The highest BCUT2D eigenvalue weighted by atomic mass is 35.5. The first-order valence-corrected chi connectivity index (χ1v) is 7.16. The van der Waals surface area contributed by atoms with Gasteiger partial charge in [0.2, 0.25) is 0 Å². The van der Waals surface area contributed by atoms with E-state index in [1.807, 2.05) is 24.1 Å². The molecule has 0 bridgehead atoms. The standard InChI is InChI=1S/C13H14ClN3O2S/c1-17(8-5-9-3-6-15-7-4-9)13-16-11(14)10(20-13)12(18)19-2/h3-4,6-7H,5,8H2,1-2H3. The highest BCUT2D eigenvalue weighted by Gasteiger charge is 2.19. The number of esters is 1. The van der Waals surface area contributed by atoms with Crippen molar-refractivity contribution in [3.05, 3.63) is 40.1 Å². The smallest absolute Gasteiger partial charge is 0.351 e. The van der Waals surface area contributed by atoms with Crippen LogP contribution in [0, 0.1) is 0 Å². The number of likely N-dealkylation sites (N-methyl/N-ethyl adjacent to an activating group) is 1. The third-order valence-electron chi connectivity index (χ3n) is 2.76. The Kier molecular flexibility index (Phi) is 4.92. The Bertz CT molecular complexity index is 589. The number of thiazole rings is 1. The molecule has 0 aliphatic carbocycles. The molecule has 2 heterocycles. The molecule has 0 saturated heterocycles. The molecule has 0 atom stereocenters. The van der Waals surface area contributed by atoms with Crippen LogP contribution in [-0.2, 0) is 11.2 Å².